The van der Waals surface area contributed by atoms with Crippen LogP contribution in [0.2, 0.25) is 0 Å². The van der Waals surface area contributed by atoms with Crippen LogP contribution < -0.4 is 10.5 Å². The monoisotopic (exact) mass is 281 g/mol. The highest BCUT2D eigenvalue weighted by Gasteiger charge is 2.08. The summed E-state index contributed by atoms with van der Waals surface area (Å²) >= 11 is 0. The number of nitrogens with two attached hydrogens (primary N) is 1. The molecule has 0 aliphatic rings. The molecule has 0 saturated heterocycles. The lowest BCUT2D eigenvalue weighted by Gasteiger charge is -2.15. The summed E-state index contributed by atoms with van der Waals surface area (Å²) in [6, 6.07) is 5.89. The molecule has 0 aliphatic carbocycles. The number of aliphatic hydroxyl groups excluding tert-OH is 1. The van der Waals surface area contributed by atoms with Crippen LogP contribution in [0.25, 0.3) is 0 Å². The highest BCUT2D eigenvalue weighted by atomic mass is 16.5. The van der Waals surface area contributed by atoms with Gasteiger partial charge >= 0.3 is 0 Å². The molecule has 0 aromatic heterocycles. The van der Waals surface area contributed by atoms with Gasteiger partial charge in [0.2, 0.25) is 0 Å². The molecule has 1 aromatic rings. The predicted molar refractivity (Wildman–Crippen MR) is 81.0 cm³/mol. The molecule has 0 radical (unpaired) electrons. The van der Waals surface area contributed by atoms with Gasteiger partial charge in [-0.2, -0.15) is 0 Å². The third-order valence-electron chi connectivity index (χ3n) is 3.11. The van der Waals surface area contributed by atoms with Gasteiger partial charge in [0, 0.05) is 12.6 Å². The number of hydrogen-bond acceptors (Lipinski definition) is 4. The van der Waals surface area contributed by atoms with Crippen LogP contribution >= 0.6 is 0 Å². The standard InChI is InChI=1S/C16H27NO3/c1-4-5-8-19-10-15(18)11-20-16-7-6-14(13(3)17)9-12(16)2/h6-7,9,13,15,18H,4-5,8,10-11,17H2,1-3H3/t13-,15?/m1/s1. The van der Waals surface area contributed by atoms with Gasteiger partial charge < -0.3 is 20.3 Å². The summed E-state index contributed by atoms with van der Waals surface area (Å²) in [6.07, 6.45) is 1.52. The summed E-state index contributed by atoms with van der Waals surface area (Å²) in [5.41, 5.74) is 7.95. The van der Waals surface area contributed by atoms with E-state index in [0.29, 0.717) is 13.2 Å². The number of rotatable bonds is 9. The van der Waals surface area contributed by atoms with Gasteiger partial charge in [0.15, 0.2) is 0 Å². The highest BCUT2D eigenvalue weighted by Crippen LogP contribution is 2.21. The van der Waals surface area contributed by atoms with E-state index in [1.807, 2.05) is 32.0 Å². The summed E-state index contributed by atoms with van der Waals surface area (Å²) in [4.78, 5) is 0. The summed E-state index contributed by atoms with van der Waals surface area (Å²) in [5, 5.41) is 9.77. The van der Waals surface area contributed by atoms with Crippen molar-refractivity contribution >= 4 is 0 Å². The first kappa shape index (κ1) is 17.0. The van der Waals surface area contributed by atoms with E-state index >= 15 is 0 Å². The van der Waals surface area contributed by atoms with Crippen molar-refractivity contribution in [2.24, 2.45) is 5.73 Å². The molecule has 1 unspecified atom stereocenters. The molecule has 0 saturated carbocycles. The van der Waals surface area contributed by atoms with Crippen molar-refractivity contribution in [2.45, 2.75) is 45.8 Å². The third-order valence-corrected chi connectivity index (χ3v) is 3.11. The fraction of sp³-hybridized carbons (Fsp3) is 0.625. The van der Waals surface area contributed by atoms with Crippen LogP contribution in [0.1, 0.15) is 43.9 Å². The number of ether oxygens (including phenoxy) is 2. The zero-order valence-corrected chi connectivity index (χ0v) is 12.8. The van der Waals surface area contributed by atoms with Crippen molar-refractivity contribution in [1.29, 1.82) is 0 Å². The molecule has 0 aliphatic heterocycles. The fourth-order valence-electron chi connectivity index (χ4n) is 1.82. The first-order chi connectivity index (χ1) is 9.54. The molecule has 0 bridgehead atoms. The molecule has 4 heteroatoms. The van der Waals surface area contributed by atoms with Gasteiger partial charge in [-0.05, 0) is 37.5 Å². The molecular weight excluding hydrogens is 254 g/mol. The molecule has 0 heterocycles. The van der Waals surface area contributed by atoms with Crippen molar-refractivity contribution < 1.29 is 14.6 Å². The largest absolute Gasteiger partial charge is 0.491 e. The zero-order chi connectivity index (χ0) is 15.0. The van der Waals surface area contributed by atoms with Gasteiger partial charge in [-0.1, -0.05) is 25.5 Å². The molecule has 0 amide bonds. The Morgan fingerprint density at radius 1 is 1.30 bits per heavy atom. The van der Waals surface area contributed by atoms with Gasteiger partial charge in [-0.15, -0.1) is 0 Å². The number of aryl methyl sites for hydroxylation is 1. The van der Waals surface area contributed by atoms with Gasteiger partial charge in [-0.25, -0.2) is 0 Å². The quantitative estimate of drug-likeness (QED) is 0.683. The van der Waals surface area contributed by atoms with E-state index in [4.69, 9.17) is 15.2 Å². The maximum absolute atomic E-state index is 9.77. The smallest absolute Gasteiger partial charge is 0.122 e. The number of unbranched alkanes of at least 4 members (excludes halogenated alkanes) is 1. The van der Waals surface area contributed by atoms with Crippen LogP contribution in [0.3, 0.4) is 0 Å². The van der Waals surface area contributed by atoms with Gasteiger partial charge in [-0.3, -0.25) is 0 Å². The Labute approximate surface area is 121 Å². The zero-order valence-electron chi connectivity index (χ0n) is 12.8. The van der Waals surface area contributed by atoms with Crippen molar-refractivity contribution in [3.05, 3.63) is 29.3 Å². The normalized spacial score (nSPS) is 14.1. The molecule has 1 rings (SSSR count). The second kappa shape index (κ2) is 8.95. The molecule has 114 valence electrons. The van der Waals surface area contributed by atoms with E-state index < -0.39 is 6.10 Å². The van der Waals surface area contributed by atoms with Crippen LogP contribution in [0.15, 0.2) is 18.2 Å². The van der Waals surface area contributed by atoms with Gasteiger partial charge in [0.05, 0.1) is 6.61 Å². The average Bonchev–Trinajstić information content (AvgIpc) is 2.42. The van der Waals surface area contributed by atoms with E-state index in [-0.39, 0.29) is 12.6 Å². The molecular formula is C16H27NO3. The molecule has 3 N–H and O–H groups in total. The topological polar surface area (TPSA) is 64.7 Å². The van der Waals surface area contributed by atoms with Gasteiger partial charge in [0.1, 0.15) is 18.5 Å². The Hall–Kier alpha value is -1.10. The minimum Gasteiger partial charge on any atom is -0.491 e. The lowest BCUT2D eigenvalue weighted by molar-refractivity contribution is 0.0112. The minimum absolute atomic E-state index is 0.0142. The van der Waals surface area contributed by atoms with Crippen LogP contribution in [0.5, 0.6) is 5.75 Å². The van der Waals surface area contributed by atoms with Crippen LogP contribution in [0.4, 0.5) is 0 Å². The average molecular weight is 281 g/mol. The summed E-state index contributed by atoms with van der Waals surface area (Å²) in [6.45, 7) is 7.28. The molecule has 2 atom stereocenters. The fourth-order valence-corrected chi connectivity index (χ4v) is 1.82. The van der Waals surface area contributed by atoms with Crippen molar-refractivity contribution in [1.82, 2.24) is 0 Å². The van der Waals surface area contributed by atoms with Crippen LogP contribution in [-0.4, -0.2) is 31.0 Å². The van der Waals surface area contributed by atoms with E-state index in [2.05, 4.69) is 6.92 Å². The lowest BCUT2D eigenvalue weighted by Crippen LogP contribution is -2.24. The van der Waals surface area contributed by atoms with Crippen molar-refractivity contribution in [3.8, 4) is 5.75 Å². The second-order valence-corrected chi connectivity index (χ2v) is 5.21. The molecule has 4 nitrogen and oxygen atoms in total. The third kappa shape index (κ3) is 5.90. The number of hydrogen-bond donors (Lipinski definition) is 2. The Morgan fingerprint density at radius 2 is 2.05 bits per heavy atom. The van der Waals surface area contributed by atoms with E-state index in [1.165, 1.54) is 0 Å². The van der Waals surface area contributed by atoms with Gasteiger partial charge in [0.25, 0.3) is 0 Å². The number of aliphatic hydroxyl groups is 1. The van der Waals surface area contributed by atoms with E-state index in [9.17, 15) is 5.11 Å². The first-order valence-electron chi connectivity index (χ1n) is 7.29. The SMILES string of the molecule is CCCCOCC(O)COc1ccc([C@@H](C)N)cc1C. The number of benzene rings is 1. The van der Waals surface area contributed by atoms with E-state index in [1.54, 1.807) is 0 Å². The second-order valence-electron chi connectivity index (χ2n) is 5.21. The van der Waals surface area contributed by atoms with Crippen LogP contribution in [-0.2, 0) is 4.74 Å². The summed E-state index contributed by atoms with van der Waals surface area (Å²) in [5.74, 6) is 0.780. The maximum Gasteiger partial charge on any atom is 0.122 e. The molecule has 0 spiro atoms. The predicted octanol–water partition coefficient (Wildman–Crippen LogP) is 2.57. The lowest BCUT2D eigenvalue weighted by atomic mass is 10.1. The summed E-state index contributed by atoms with van der Waals surface area (Å²) in [7, 11) is 0. The Balaban J connectivity index is 2.37. The first-order valence-corrected chi connectivity index (χ1v) is 7.29. The molecule has 0 fully saturated rings. The molecule has 20 heavy (non-hydrogen) atoms. The van der Waals surface area contributed by atoms with E-state index in [0.717, 1.165) is 29.7 Å². The maximum atomic E-state index is 9.77. The summed E-state index contributed by atoms with van der Waals surface area (Å²) < 4.78 is 11.0. The van der Waals surface area contributed by atoms with Crippen LogP contribution in [0, 0.1) is 6.92 Å². The Morgan fingerprint density at radius 3 is 2.65 bits per heavy atom. The Bertz CT molecular complexity index is 393. The minimum atomic E-state index is -0.598. The Kier molecular flexibility index (Phi) is 7.59. The highest BCUT2D eigenvalue weighted by molar-refractivity contribution is 5.37. The van der Waals surface area contributed by atoms with Crippen molar-refractivity contribution in [3.63, 3.8) is 0 Å². The van der Waals surface area contributed by atoms with Crippen molar-refractivity contribution in [2.75, 3.05) is 19.8 Å². The molecule has 1 aromatic carbocycles.